The van der Waals surface area contributed by atoms with Crippen LogP contribution in [-0.4, -0.2) is 54.8 Å². The Morgan fingerprint density at radius 3 is 2.55 bits per heavy atom. The number of thiophene rings is 1. The van der Waals surface area contributed by atoms with E-state index in [4.69, 9.17) is 4.74 Å². The number of aromatic nitrogens is 1. The fourth-order valence-electron chi connectivity index (χ4n) is 3.55. The van der Waals surface area contributed by atoms with Gasteiger partial charge in [-0.3, -0.25) is 4.79 Å². The van der Waals surface area contributed by atoms with E-state index in [2.05, 4.69) is 4.98 Å². The summed E-state index contributed by atoms with van der Waals surface area (Å²) in [7, 11) is 0. The topological polar surface area (TPSA) is 69.5 Å². The first-order chi connectivity index (χ1) is 14.9. The monoisotopic (exact) mass is 446 g/mol. The molecule has 0 N–H and O–H groups in total. The molecule has 3 heterocycles. The van der Waals surface area contributed by atoms with Crippen molar-refractivity contribution < 1.29 is 22.7 Å². The number of para-hydroxylation sites is 1. The van der Waals surface area contributed by atoms with Gasteiger partial charge in [-0.05, 0) is 17.5 Å². The van der Waals surface area contributed by atoms with E-state index in [-0.39, 0.29) is 17.4 Å². The van der Waals surface area contributed by atoms with E-state index in [9.17, 15) is 23.2 Å². The Labute approximate surface area is 180 Å². The van der Waals surface area contributed by atoms with Crippen LogP contribution >= 0.6 is 11.3 Å². The highest BCUT2D eigenvalue weighted by Crippen LogP contribution is 2.36. The maximum absolute atomic E-state index is 12.7. The standard InChI is InChI=1S/C21H17F3N4O2S/c22-21(23,24)13-30-19-15(12-25)18(14-4-1-2-5-16(14)26-19)27-7-9-28(10-8-27)20(29)17-6-3-11-31-17/h1-6,11H,7-10,13H2. The Hall–Kier alpha value is -3.32. The number of halogens is 3. The Kier molecular flexibility index (Phi) is 5.69. The molecule has 0 radical (unpaired) electrons. The molecular weight excluding hydrogens is 429 g/mol. The summed E-state index contributed by atoms with van der Waals surface area (Å²) in [6, 6.07) is 12.5. The molecule has 1 aliphatic heterocycles. The van der Waals surface area contributed by atoms with Crippen molar-refractivity contribution in [3.8, 4) is 11.9 Å². The summed E-state index contributed by atoms with van der Waals surface area (Å²) in [5.74, 6) is -0.394. The quantitative estimate of drug-likeness (QED) is 0.604. The highest BCUT2D eigenvalue weighted by atomic mass is 32.1. The normalized spacial score (nSPS) is 14.5. The smallest absolute Gasteiger partial charge is 0.422 e. The van der Waals surface area contributed by atoms with Crippen molar-refractivity contribution in [2.75, 3.05) is 37.7 Å². The molecule has 1 aliphatic rings. The maximum atomic E-state index is 12.7. The number of hydrogen-bond donors (Lipinski definition) is 0. The lowest BCUT2D eigenvalue weighted by Crippen LogP contribution is -2.49. The van der Waals surface area contributed by atoms with Crippen LogP contribution in [0.1, 0.15) is 15.2 Å². The van der Waals surface area contributed by atoms with Crippen LogP contribution in [0.3, 0.4) is 0 Å². The molecule has 4 rings (SSSR count). The van der Waals surface area contributed by atoms with Crippen LogP contribution in [0.15, 0.2) is 41.8 Å². The van der Waals surface area contributed by atoms with Crippen molar-refractivity contribution >= 4 is 33.8 Å². The van der Waals surface area contributed by atoms with Crippen LogP contribution in [0.4, 0.5) is 18.9 Å². The Morgan fingerprint density at radius 1 is 1.16 bits per heavy atom. The number of fused-ring (bicyclic) bond motifs is 1. The average Bonchev–Trinajstić information content (AvgIpc) is 3.30. The highest BCUT2D eigenvalue weighted by molar-refractivity contribution is 7.12. The number of carbonyl (C=O) groups excluding carboxylic acids is 1. The fourth-order valence-corrected chi connectivity index (χ4v) is 4.24. The molecule has 3 aromatic rings. The number of pyridine rings is 1. The molecule has 160 valence electrons. The first kappa shape index (κ1) is 20.9. The first-order valence-corrected chi connectivity index (χ1v) is 10.4. The third-order valence-corrected chi connectivity index (χ3v) is 5.79. The summed E-state index contributed by atoms with van der Waals surface area (Å²) in [5, 5.41) is 12.2. The number of carbonyl (C=O) groups is 1. The molecule has 1 amide bonds. The summed E-state index contributed by atoms with van der Waals surface area (Å²) >= 11 is 1.37. The number of nitrogens with zero attached hydrogens (tertiary/aromatic N) is 4. The van der Waals surface area contributed by atoms with Crippen LogP contribution in [0.2, 0.25) is 0 Å². The zero-order valence-corrected chi connectivity index (χ0v) is 17.0. The number of amides is 1. The second-order valence-electron chi connectivity index (χ2n) is 6.93. The Bertz CT molecular complexity index is 1130. The molecule has 0 spiro atoms. The summed E-state index contributed by atoms with van der Waals surface area (Å²) in [6.07, 6.45) is -4.55. The number of nitriles is 1. The van der Waals surface area contributed by atoms with Gasteiger partial charge in [-0.2, -0.15) is 18.4 Å². The lowest BCUT2D eigenvalue weighted by atomic mass is 10.1. The molecule has 0 atom stereocenters. The summed E-state index contributed by atoms with van der Waals surface area (Å²) in [4.78, 5) is 21.0. The molecule has 0 aliphatic carbocycles. The van der Waals surface area contributed by atoms with Crippen molar-refractivity contribution in [3.05, 3.63) is 52.2 Å². The minimum Gasteiger partial charge on any atom is -0.467 e. The number of rotatable bonds is 4. The second-order valence-corrected chi connectivity index (χ2v) is 7.88. The molecule has 2 aromatic heterocycles. The largest absolute Gasteiger partial charge is 0.467 e. The first-order valence-electron chi connectivity index (χ1n) is 9.47. The van der Waals surface area contributed by atoms with E-state index in [0.717, 1.165) is 0 Å². The number of hydrogen-bond acceptors (Lipinski definition) is 6. The molecule has 1 aromatic carbocycles. The molecular formula is C21H17F3N4O2S. The number of ether oxygens (including phenoxy) is 1. The number of benzene rings is 1. The van der Waals surface area contributed by atoms with Gasteiger partial charge in [-0.25, -0.2) is 4.98 Å². The fraction of sp³-hybridized carbons (Fsp3) is 0.286. The van der Waals surface area contributed by atoms with Crippen LogP contribution in [-0.2, 0) is 0 Å². The third-order valence-electron chi connectivity index (χ3n) is 4.93. The van der Waals surface area contributed by atoms with Crippen LogP contribution in [0, 0.1) is 11.3 Å². The van der Waals surface area contributed by atoms with E-state index in [0.29, 0.717) is 47.6 Å². The predicted octanol–water partition coefficient (Wildman–Crippen LogP) is 4.07. The van der Waals surface area contributed by atoms with Gasteiger partial charge in [0.1, 0.15) is 11.6 Å². The van der Waals surface area contributed by atoms with E-state index >= 15 is 0 Å². The molecule has 31 heavy (non-hydrogen) atoms. The number of piperazine rings is 1. The van der Waals surface area contributed by atoms with Crippen molar-refractivity contribution in [2.24, 2.45) is 0 Å². The van der Waals surface area contributed by atoms with Crippen molar-refractivity contribution in [1.82, 2.24) is 9.88 Å². The number of anilines is 1. The van der Waals surface area contributed by atoms with Gasteiger partial charge < -0.3 is 14.5 Å². The second kappa shape index (κ2) is 8.43. The average molecular weight is 446 g/mol. The van der Waals surface area contributed by atoms with Gasteiger partial charge in [-0.1, -0.05) is 24.3 Å². The Morgan fingerprint density at radius 2 is 1.90 bits per heavy atom. The van der Waals surface area contributed by atoms with Gasteiger partial charge in [-0.15, -0.1) is 11.3 Å². The van der Waals surface area contributed by atoms with Gasteiger partial charge >= 0.3 is 6.18 Å². The highest BCUT2D eigenvalue weighted by Gasteiger charge is 2.31. The molecule has 1 fully saturated rings. The maximum Gasteiger partial charge on any atom is 0.422 e. The zero-order valence-electron chi connectivity index (χ0n) is 16.2. The van der Waals surface area contributed by atoms with Crippen molar-refractivity contribution in [2.45, 2.75) is 6.18 Å². The Balaban J connectivity index is 1.65. The van der Waals surface area contributed by atoms with E-state index in [1.165, 1.54) is 11.3 Å². The molecule has 6 nitrogen and oxygen atoms in total. The zero-order chi connectivity index (χ0) is 22.0. The minimum atomic E-state index is -4.55. The minimum absolute atomic E-state index is 0.0408. The molecule has 0 saturated carbocycles. The molecule has 1 saturated heterocycles. The van der Waals surface area contributed by atoms with Crippen LogP contribution in [0.5, 0.6) is 5.88 Å². The SMILES string of the molecule is N#Cc1c(OCC(F)(F)F)nc2ccccc2c1N1CCN(C(=O)c2cccs2)CC1. The van der Waals surface area contributed by atoms with Crippen molar-refractivity contribution in [1.29, 1.82) is 5.26 Å². The molecule has 10 heteroatoms. The molecule has 0 unspecified atom stereocenters. The van der Waals surface area contributed by atoms with Gasteiger partial charge in [0.25, 0.3) is 5.91 Å². The van der Waals surface area contributed by atoms with Gasteiger partial charge in [0, 0.05) is 31.6 Å². The van der Waals surface area contributed by atoms with E-state index < -0.39 is 12.8 Å². The van der Waals surface area contributed by atoms with Crippen LogP contribution in [0.25, 0.3) is 10.9 Å². The van der Waals surface area contributed by atoms with Gasteiger partial charge in [0.15, 0.2) is 6.61 Å². The van der Waals surface area contributed by atoms with Gasteiger partial charge in [0.05, 0.1) is 16.1 Å². The van der Waals surface area contributed by atoms with Crippen molar-refractivity contribution in [3.63, 3.8) is 0 Å². The lowest BCUT2D eigenvalue weighted by molar-refractivity contribution is -0.154. The molecule has 0 bridgehead atoms. The van der Waals surface area contributed by atoms with Crippen LogP contribution < -0.4 is 9.64 Å². The summed E-state index contributed by atoms with van der Waals surface area (Å²) in [5.41, 5.74) is 0.875. The van der Waals surface area contributed by atoms with E-state index in [1.807, 2.05) is 22.4 Å². The summed E-state index contributed by atoms with van der Waals surface area (Å²) in [6.45, 7) is 0.181. The summed E-state index contributed by atoms with van der Waals surface area (Å²) < 4.78 is 43.0. The lowest BCUT2D eigenvalue weighted by Gasteiger charge is -2.37. The number of alkyl halides is 3. The third kappa shape index (κ3) is 4.41. The van der Waals surface area contributed by atoms with Gasteiger partial charge in [0.2, 0.25) is 5.88 Å². The predicted molar refractivity (Wildman–Crippen MR) is 110 cm³/mol. The van der Waals surface area contributed by atoms with E-state index in [1.54, 1.807) is 35.2 Å².